The van der Waals surface area contributed by atoms with Crippen molar-refractivity contribution >= 4 is 33.1 Å². The SMILES string of the molecule is COc1cc(C2=C(c3ccc(O)c(Br)c3)C(=O)N=N2)cc(OC)c1OC. The van der Waals surface area contributed by atoms with Gasteiger partial charge in [0.05, 0.1) is 31.4 Å². The maximum atomic E-state index is 12.3. The summed E-state index contributed by atoms with van der Waals surface area (Å²) in [4.78, 5) is 12.3. The minimum absolute atomic E-state index is 0.0722. The Morgan fingerprint density at radius 1 is 0.923 bits per heavy atom. The zero-order valence-corrected chi connectivity index (χ0v) is 15.8. The van der Waals surface area contributed by atoms with Gasteiger partial charge in [0.1, 0.15) is 11.4 Å². The van der Waals surface area contributed by atoms with Gasteiger partial charge in [0.15, 0.2) is 11.5 Å². The zero-order chi connectivity index (χ0) is 18.8. The summed E-state index contributed by atoms with van der Waals surface area (Å²) in [7, 11) is 4.53. The largest absolute Gasteiger partial charge is 0.507 e. The van der Waals surface area contributed by atoms with Gasteiger partial charge in [-0.2, -0.15) is 0 Å². The van der Waals surface area contributed by atoms with Crippen molar-refractivity contribution in [2.45, 2.75) is 0 Å². The summed E-state index contributed by atoms with van der Waals surface area (Å²) in [5.41, 5.74) is 1.87. The van der Waals surface area contributed by atoms with Crippen LogP contribution in [0.1, 0.15) is 11.1 Å². The molecule has 0 fully saturated rings. The Hall–Kier alpha value is -2.87. The molecule has 3 rings (SSSR count). The molecule has 0 radical (unpaired) electrons. The van der Waals surface area contributed by atoms with Crippen LogP contribution >= 0.6 is 15.9 Å². The average Bonchev–Trinajstić information content (AvgIpc) is 3.04. The summed E-state index contributed by atoms with van der Waals surface area (Å²) >= 11 is 3.25. The molecule has 0 unspecified atom stereocenters. The molecule has 0 bridgehead atoms. The van der Waals surface area contributed by atoms with Gasteiger partial charge in [-0.05, 0) is 45.8 Å². The molecule has 2 aromatic rings. The van der Waals surface area contributed by atoms with E-state index in [1.54, 1.807) is 24.3 Å². The zero-order valence-electron chi connectivity index (χ0n) is 14.2. The number of phenols is 1. The van der Waals surface area contributed by atoms with Crippen LogP contribution in [0, 0.1) is 0 Å². The Balaban J connectivity index is 2.22. The van der Waals surface area contributed by atoms with Crippen molar-refractivity contribution in [1.29, 1.82) is 0 Å². The number of rotatable bonds is 5. The Kier molecular flexibility index (Phi) is 4.94. The quantitative estimate of drug-likeness (QED) is 0.790. The Bertz CT molecular complexity index is 928. The van der Waals surface area contributed by atoms with Gasteiger partial charge in [-0.3, -0.25) is 4.79 Å². The molecule has 1 aliphatic heterocycles. The van der Waals surface area contributed by atoms with Gasteiger partial charge in [-0.15, -0.1) is 10.2 Å². The molecular weight excluding hydrogens is 404 g/mol. The van der Waals surface area contributed by atoms with E-state index in [9.17, 15) is 9.90 Å². The van der Waals surface area contributed by atoms with Crippen molar-refractivity contribution in [3.8, 4) is 23.0 Å². The molecule has 1 amide bonds. The molecule has 0 atom stereocenters. The van der Waals surface area contributed by atoms with Crippen molar-refractivity contribution in [1.82, 2.24) is 0 Å². The summed E-state index contributed by atoms with van der Waals surface area (Å²) in [6, 6.07) is 8.15. The molecule has 1 heterocycles. The second-order valence-electron chi connectivity index (χ2n) is 5.31. The predicted molar refractivity (Wildman–Crippen MR) is 98.6 cm³/mol. The fourth-order valence-corrected chi connectivity index (χ4v) is 3.02. The monoisotopic (exact) mass is 418 g/mol. The van der Waals surface area contributed by atoms with Crippen LogP contribution in [0.15, 0.2) is 45.0 Å². The van der Waals surface area contributed by atoms with E-state index in [-0.39, 0.29) is 5.75 Å². The molecule has 7 nitrogen and oxygen atoms in total. The van der Waals surface area contributed by atoms with E-state index in [0.717, 1.165) is 0 Å². The first-order valence-electron chi connectivity index (χ1n) is 7.49. The molecule has 26 heavy (non-hydrogen) atoms. The topological polar surface area (TPSA) is 89.7 Å². The molecule has 0 aliphatic carbocycles. The first-order valence-corrected chi connectivity index (χ1v) is 8.29. The number of benzene rings is 2. The van der Waals surface area contributed by atoms with Gasteiger partial charge in [0, 0.05) is 5.56 Å². The minimum atomic E-state index is -0.466. The third-order valence-corrected chi connectivity index (χ3v) is 4.50. The number of methoxy groups -OCH3 is 3. The Morgan fingerprint density at radius 3 is 2.12 bits per heavy atom. The number of hydrogen-bond donors (Lipinski definition) is 1. The Morgan fingerprint density at radius 2 is 1.58 bits per heavy atom. The van der Waals surface area contributed by atoms with Crippen LogP contribution in [-0.4, -0.2) is 32.3 Å². The van der Waals surface area contributed by atoms with Gasteiger partial charge in [0.25, 0.3) is 5.91 Å². The lowest BCUT2D eigenvalue weighted by Gasteiger charge is -2.14. The van der Waals surface area contributed by atoms with Crippen LogP contribution < -0.4 is 14.2 Å². The number of carbonyl (C=O) groups excluding carboxylic acids is 1. The van der Waals surface area contributed by atoms with Gasteiger partial charge >= 0.3 is 0 Å². The first-order chi connectivity index (χ1) is 12.5. The van der Waals surface area contributed by atoms with E-state index >= 15 is 0 Å². The number of aromatic hydroxyl groups is 1. The van der Waals surface area contributed by atoms with E-state index in [0.29, 0.717) is 44.1 Å². The summed E-state index contributed by atoms with van der Waals surface area (Å²) < 4.78 is 16.5. The van der Waals surface area contributed by atoms with Crippen LogP contribution in [0.3, 0.4) is 0 Å². The normalized spacial score (nSPS) is 13.3. The minimum Gasteiger partial charge on any atom is -0.507 e. The third-order valence-electron chi connectivity index (χ3n) is 3.87. The number of azo groups is 1. The van der Waals surface area contributed by atoms with Crippen molar-refractivity contribution in [2.75, 3.05) is 21.3 Å². The number of hydrogen-bond acceptors (Lipinski definition) is 6. The van der Waals surface area contributed by atoms with Crippen LogP contribution in [0.5, 0.6) is 23.0 Å². The first kappa shape index (κ1) is 17.9. The van der Waals surface area contributed by atoms with Crippen molar-refractivity contribution in [3.63, 3.8) is 0 Å². The second-order valence-corrected chi connectivity index (χ2v) is 6.16. The summed E-state index contributed by atoms with van der Waals surface area (Å²) in [5, 5.41) is 17.4. The molecule has 1 aliphatic rings. The van der Waals surface area contributed by atoms with Crippen molar-refractivity contribution in [3.05, 3.63) is 45.9 Å². The van der Waals surface area contributed by atoms with E-state index in [4.69, 9.17) is 14.2 Å². The van der Waals surface area contributed by atoms with Crippen LogP contribution in [-0.2, 0) is 4.79 Å². The van der Waals surface area contributed by atoms with E-state index in [1.807, 2.05) is 0 Å². The van der Waals surface area contributed by atoms with E-state index < -0.39 is 5.91 Å². The molecule has 0 saturated carbocycles. The number of nitrogens with zero attached hydrogens (tertiary/aromatic N) is 2. The average molecular weight is 419 g/mol. The lowest BCUT2D eigenvalue weighted by atomic mass is 9.99. The summed E-state index contributed by atoms with van der Waals surface area (Å²) in [6.45, 7) is 0. The van der Waals surface area contributed by atoms with Crippen LogP contribution in [0.25, 0.3) is 11.3 Å². The van der Waals surface area contributed by atoms with Crippen LogP contribution in [0.4, 0.5) is 0 Å². The number of halogens is 1. The fraction of sp³-hybridized carbons (Fsp3) is 0.167. The maximum Gasteiger partial charge on any atom is 0.298 e. The highest BCUT2D eigenvalue weighted by Crippen LogP contribution is 2.43. The van der Waals surface area contributed by atoms with Gasteiger partial charge in [0.2, 0.25) is 5.75 Å². The molecule has 0 saturated heterocycles. The standard InChI is InChI=1S/C18H15BrN2O5/c1-24-13-7-10(8-14(25-2)17(13)26-3)16-15(18(23)21-20-16)9-4-5-12(22)11(19)6-9/h4-8,22H,1-3H3. The number of ether oxygens (including phenoxy) is 3. The van der Waals surface area contributed by atoms with Gasteiger partial charge < -0.3 is 19.3 Å². The highest BCUT2D eigenvalue weighted by molar-refractivity contribution is 9.10. The molecular formula is C18H15BrN2O5. The highest BCUT2D eigenvalue weighted by Gasteiger charge is 2.26. The lowest BCUT2D eigenvalue weighted by Crippen LogP contribution is -1.99. The molecule has 0 spiro atoms. The van der Waals surface area contributed by atoms with Crippen LogP contribution in [0.2, 0.25) is 0 Å². The smallest absolute Gasteiger partial charge is 0.298 e. The number of phenolic OH excluding ortho intramolecular Hbond substituents is 1. The molecule has 1 N–H and O–H groups in total. The third kappa shape index (κ3) is 3.03. The predicted octanol–water partition coefficient (Wildman–Crippen LogP) is 4.04. The molecule has 134 valence electrons. The fourth-order valence-electron chi connectivity index (χ4n) is 2.64. The second kappa shape index (κ2) is 7.17. The van der Waals surface area contributed by atoms with Gasteiger partial charge in [-0.25, -0.2) is 0 Å². The van der Waals surface area contributed by atoms with E-state index in [1.165, 1.54) is 27.4 Å². The molecule has 2 aromatic carbocycles. The molecule has 8 heteroatoms. The van der Waals surface area contributed by atoms with E-state index in [2.05, 4.69) is 26.2 Å². The van der Waals surface area contributed by atoms with Crippen molar-refractivity contribution in [2.24, 2.45) is 10.2 Å². The summed E-state index contributed by atoms with van der Waals surface area (Å²) in [6.07, 6.45) is 0. The molecule has 0 aromatic heterocycles. The Labute approximate surface area is 158 Å². The van der Waals surface area contributed by atoms with Gasteiger partial charge in [-0.1, -0.05) is 6.07 Å². The highest BCUT2D eigenvalue weighted by atomic mass is 79.9. The lowest BCUT2D eigenvalue weighted by molar-refractivity contribution is -0.112. The van der Waals surface area contributed by atoms with Crippen molar-refractivity contribution < 1.29 is 24.1 Å². The number of amides is 1. The maximum absolute atomic E-state index is 12.3. The summed E-state index contributed by atoms with van der Waals surface area (Å²) in [5.74, 6) is 0.925. The number of carbonyl (C=O) groups is 1.